The van der Waals surface area contributed by atoms with Crippen molar-refractivity contribution in [3.8, 4) is 0 Å². The van der Waals surface area contributed by atoms with Crippen LogP contribution in [0.4, 0.5) is 0 Å². The molecule has 1 saturated heterocycles. The van der Waals surface area contributed by atoms with Crippen LogP contribution in [0, 0.1) is 0 Å². The Morgan fingerprint density at radius 2 is 2.40 bits per heavy atom. The SMILES string of the molecule is CC1CCCCN1C(=O)Cn1cnnn1. The van der Waals surface area contributed by atoms with Crippen molar-refractivity contribution in [1.82, 2.24) is 25.1 Å². The van der Waals surface area contributed by atoms with Gasteiger partial charge in [-0.2, -0.15) is 0 Å². The number of aromatic nitrogens is 4. The minimum atomic E-state index is 0.106. The molecular weight excluding hydrogens is 194 g/mol. The lowest BCUT2D eigenvalue weighted by molar-refractivity contribution is -0.135. The van der Waals surface area contributed by atoms with E-state index in [9.17, 15) is 4.79 Å². The van der Waals surface area contributed by atoms with E-state index in [0.29, 0.717) is 6.04 Å². The predicted molar refractivity (Wildman–Crippen MR) is 52.8 cm³/mol. The zero-order valence-corrected chi connectivity index (χ0v) is 8.83. The van der Waals surface area contributed by atoms with Crippen molar-refractivity contribution in [3.63, 3.8) is 0 Å². The Labute approximate surface area is 88.2 Å². The highest BCUT2D eigenvalue weighted by atomic mass is 16.2. The number of rotatable bonds is 2. The Bertz CT molecular complexity index is 323. The molecule has 6 heteroatoms. The summed E-state index contributed by atoms with van der Waals surface area (Å²) in [6.45, 7) is 3.20. The Hall–Kier alpha value is -1.46. The third kappa shape index (κ3) is 2.31. The lowest BCUT2D eigenvalue weighted by Gasteiger charge is -2.33. The number of likely N-dealkylation sites (tertiary alicyclic amines) is 1. The summed E-state index contributed by atoms with van der Waals surface area (Å²) in [6, 6.07) is 0.350. The fraction of sp³-hybridized carbons (Fsp3) is 0.778. The van der Waals surface area contributed by atoms with Gasteiger partial charge < -0.3 is 4.90 Å². The first-order valence-corrected chi connectivity index (χ1v) is 5.27. The average molecular weight is 209 g/mol. The number of hydrogen-bond donors (Lipinski definition) is 0. The topological polar surface area (TPSA) is 63.9 Å². The maximum Gasteiger partial charge on any atom is 0.244 e. The van der Waals surface area contributed by atoms with Gasteiger partial charge in [0.25, 0.3) is 0 Å². The van der Waals surface area contributed by atoms with Crippen molar-refractivity contribution in [3.05, 3.63) is 6.33 Å². The molecule has 82 valence electrons. The van der Waals surface area contributed by atoms with Gasteiger partial charge in [0.1, 0.15) is 12.9 Å². The minimum Gasteiger partial charge on any atom is -0.338 e. The van der Waals surface area contributed by atoms with E-state index in [1.165, 1.54) is 17.4 Å². The lowest BCUT2D eigenvalue weighted by Crippen LogP contribution is -2.43. The van der Waals surface area contributed by atoms with E-state index in [4.69, 9.17) is 0 Å². The number of tetrazole rings is 1. The Morgan fingerprint density at radius 3 is 3.07 bits per heavy atom. The van der Waals surface area contributed by atoms with E-state index in [1.807, 2.05) is 4.90 Å². The fourth-order valence-corrected chi connectivity index (χ4v) is 1.95. The van der Waals surface area contributed by atoms with Crippen molar-refractivity contribution < 1.29 is 4.79 Å². The summed E-state index contributed by atoms with van der Waals surface area (Å²) >= 11 is 0. The second kappa shape index (κ2) is 4.37. The van der Waals surface area contributed by atoms with Gasteiger partial charge in [-0.05, 0) is 36.6 Å². The van der Waals surface area contributed by atoms with Crippen LogP contribution in [0.25, 0.3) is 0 Å². The third-order valence-electron chi connectivity index (χ3n) is 2.81. The van der Waals surface area contributed by atoms with E-state index in [1.54, 1.807) is 0 Å². The van der Waals surface area contributed by atoms with Gasteiger partial charge >= 0.3 is 0 Å². The molecule has 0 spiro atoms. The van der Waals surface area contributed by atoms with E-state index >= 15 is 0 Å². The Kier molecular flexibility index (Phi) is 2.94. The molecule has 1 aromatic rings. The van der Waals surface area contributed by atoms with Crippen molar-refractivity contribution >= 4 is 5.91 Å². The van der Waals surface area contributed by atoms with Crippen LogP contribution in [0.3, 0.4) is 0 Å². The van der Waals surface area contributed by atoms with Gasteiger partial charge in [0.15, 0.2) is 0 Å². The van der Waals surface area contributed by atoms with E-state index < -0.39 is 0 Å². The molecule has 6 nitrogen and oxygen atoms in total. The van der Waals surface area contributed by atoms with Gasteiger partial charge in [0.2, 0.25) is 5.91 Å². The Balaban J connectivity index is 1.95. The number of carbonyl (C=O) groups excluding carboxylic acids is 1. The first-order chi connectivity index (χ1) is 7.27. The molecule has 1 amide bonds. The molecule has 0 saturated carbocycles. The molecule has 1 aliphatic rings. The molecule has 0 radical (unpaired) electrons. The standard InChI is InChI=1S/C9H15N5O/c1-8-4-2-3-5-14(8)9(15)6-13-7-10-11-12-13/h7-8H,2-6H2,1H3. The van der Waals surface area contributed by atoms with E-state index in [0.717, 1.165) is 19.4 Å². The summed E-state index contributed by atoms with van der Waals surface area (Å²) in [5.74, 6) is 0.106. The van der Waals surface area contributed by atoms with Gasteiger partial charge in [-0.25, -0.2) is 4.68 Å². The molecule has 0 N–H and O–H groups in total. The summed E-state index contributed by atoms with van der Waals surface area (Å²) in [4.78, 5) is 13.8. The smallest absolute Gasteiger partial charge is 0.244 e. The summed E-state index contributed by atoms with van der Waals surface area (Å²) < 4.78 is 1.46. The zero-order chi connectivity index (χ0) is 10.7. The van der Waals surface area contributed by atoms with Crippen molar-refractivity contribution in [2.45, 2.75) is 38.8 Å². The zero-order valence-electron chi connectivity index (χ0n) is 8.83. The first kappa shape index (κ1) is 10.1. The van der Waals surface area contributed by atoms with Crippen LogP contribution in [0.1, 0.15) is 26.2 Å². The van der Waals surface area contributed by atoms with E-state index in [2.05, 4.69) is 22.4 Å². The largest absolute Gasteiger partial charge is 0.338 e. The molecule has 2 heterocycles. The lowest BCUT2D eigenvalue weighted by atomic mass is 10.0. The Morgan fingerprint density at radius 1 is 1.53 bits per heavy atom. The third-order valence-corrected chi connectivity index (χ3v) is 2.81. The molecule has 15 heavy (non-hydrogen) atoms. The van der Waals surface area contributed by atoms with Gasteiger partial charge in [0, 0.05) is 12.6 Å². The number of nitrogens with zero attached hydrogens (tertiary/aromatic N) is 5. The van der Waals surface area contributed by atoms with E-state index in [-0.39, 0.29) is 12.5 Å². The first-order valence-electron chi connectivity index (χ1n) is 5.27. The number of carbonyl (C=O) groups is 1. The van der Waals surface area contributed by atoms with Crippen molar-refractivity contribution in [1.29, 1.82) is 0 Å². The monoisotopic (exact) mass is 209 g/mol. The van der Waals surface area contributed by atoms with Gasteiger partial charge in [-0.3, -0.25) is 4.79 Å². The number of hydrogen-bond acceptors (Lipinski definition) is 4. The van der Waals surface area contributed by atoms with Crippen molar-refractivity contribution in [2.75, 3.05) is 6.54 Å². The highest BCUT2D eigenvalue weighted by Crippen LogP contribution is 2.16. The highest BCUT2D eigenvalue weighted by Gasteiger charge is 2.23. The molecule has 0 aliphatic carbocycles. The summed E-state index contributed by atoms with van der Waals surface area (Å²) in [7, 11) is 0. The number of amides is 1. The predicted octanol–water partition coefficient (Wildman–Crippen LogP) is 0.0741. The van der Waals surface area contributed by atoms with Crippen LogP contribution in [-0.4, -0.2) is 43.6 Å². The normalized spacial score (nSPS) is 21.7. The molecule has 1 atom stereocenters. The molecule has 0 bridgehead atoms. The molecule has 1 aliphatic heterocycles. The van der Waals surface area contributed by atoms with Crippen LogP contribution in [-0.2, 0) is 11.3 Å². The average Bonchev–Trinajstić information content (AvgIpc) is 2.71. The maximum atomic E-state index is 11.9. The molecule has 1 aromatic heterocycles. The minimum absolute atomic E-state index is 0.106. The highest BCUT2D eigenvalue weighted by molar-refractivity contribution is 5.76. The molecular formula is C9H15N5O. The second-order valence-electron chi connectivity index (χ2n) is 3.94. The molecule has 2 rings (SSSR count). The van der Waals surface area contributed by atoms with Crippen LogP contribution in [0.2, 0.25) is 0 Å². The van der Waals surface area contributed by atoms with Gasteiger partial charge in [-0.15, -0.1) is 5.10 Å². The molecule has 1 fully saturated rings. The summed E-state index contributed by atoms with van der Waals surface area (Å²) in [6.07, 6.45) is 4.88. The quantitative estimate of drug-likeness (QED) is 0.691. The maximum absolute atomic E-state index is 11.9. The van der Waals surface area contributed by atoms with Crippen LogP contribution in [0.5, 0.6) is 0 Å². The van der Waals surface area contributed by atoms with Crippen LogP contribution >= 0.6 is 0 Å². The number of piperidine rings is 1. The van der Waals surface area contributed by atoms with Gasteiger partial charge in [0.05, 0.1) is 0 Å². The van der Waals surface area contributed by atoms with Gasteiger partial charge in [-0.1, -0.05) is 0 Å². The summed E-state index contributed by atoms with van der Waals surface area (Å²) in [5, 5.41) is 10.7. The van der Waals surface area contributed by atoms with Crippen molar-refractivity contribution in [2.24, 2.45) is 0 Å². The fourth-order valence-electron chi connectivity index (χ4n) is 1.95. The molecule has 0 aromatic carbocycles. The van der Waals surface area contributed by atoms with Crippen LogP contribution in [0.15, 0.2) is 6.33 Å². The molecule has 1 unspecified atom stereocenters. The van der Waals surface area contributed by atoms with Crippen LogP contribution < -0.4 is 0 Å². The summed E-state index contributed by atoms with van der Waals surface area (Å²) in [5.41, 5.74) is 0. The second-order valence-corrected chi connectivity index (χ2v) is 3.94.